The lowest BCUT2D eigenvalue weighted by atomic mass is 9.97. The van der Waals surface area contributed by atoms with Crippen molar-refractivity contribution < 1.29 is 13.6 Å². The van der Waals surface area contributed by atoms with Gasteiger partial charge in [-0.3, -0.25) is 14.2 Å². The van der Waals surface area contributed by atoms with E-state index in [0.29, 0.717) is 38.2 Å². The molecule has 2 fully saturated rings. The third-order valence-electron chi connectivity index (χ3n) is 7.97. The number of benzene rings is 1. The smallest absolute Gasteiger partial charge is 0.303 e. The van der Waals surface area contributed by atoms with E-state index in [9.17, 15) is 13.6 Å². The minimum Gasteiger partial charge on any atom is -0.372 e. The molecular formula is C29H32F2IN7O. The van der Waals surface area contributed by atoms with E-state index in [1.807, 2.05) is 21.6 Å². The first kappa shape index (κ1) is 27.0. The third-order valence-corrected chi connectivity index (χ3v) is 8.77. The lowest BCUT2D eigenvalue weighted by Gasteiger charge is -2.39. The minimum absolute atomic E-state index is 0.00632. The Labute approximate surface area is 245 Å². The van der Waals surface area contributed by atoms with Crippen LogP contribution in [0.3, 0.4) is 0 Å². The van der Waals surface area contributed by atoms with Gasteiger partial charge < -0.3 is 20.0 Å². The Morgan fingerprint density at radius 2 is 1.80 bits per heavy atom. The molecule has 8 nitrogen and oxygen atoms in total. The number of carbonyl (C=O) groups is 1. The monoisotopic (exact) mass is 659 g/mol. The topological polar surface area (TPSA) is 69.0 Å². The van der Waals surface area contributed by atoms with E-state index >= 15 is 0 Å². The SMILES string of the molecule is O=C(CNc1c(-c2ccc(N3CCCC3)cc2)nc2cnccn12)N1CCN(C2=CC=CC(C(F)(F)I)C2)CC1. The molecular weight excluding hydrogens is 627 g/mol. The van der Waals surface area contributed by atoms with Crippen LogP contribution in [0.1, 0.15) is 19.3 Å². The van der Waals surface area contributed by atoms with Crippen molar-refractivity contribution in [3.8, 4) is 11.3 Å². The van der Waals surface area contributed by atoms with Gasteiger partial charge in [0.2, 0.25) is 5.91 Å². The van der Waals surface area contributed by atoms with Gasteiger partial charge in [-0.1, -0.05) is 24.3 Å². The predicted molar refractivity (Wildman–Crippen MR) is 161 cm³/mol. The van der Waals surface area contributed by atoms with E-state index in [0.717, 1.165) is 35.9 Å². The van der Waals surface area contributed by atoms with Crippen molar-refractivity contribution in [2.24, 2.45) is 5.92 Å². The number of carbonyl (C=O) groups excluding carboxylic acids is 1. The molecule has 0 radical (unpaired) electrons. The van der Waals surface area contributed by atoms with Crippen molar-refractivity contribution >= 4 is 45.7 Å². The van der Waals surface area contributed by atoms with Crippen LogP contribution in [0.25, 0.3) is 16.9 Å². The van der Waals surface area contributed by atoms with Crippen LogP contribution < -0.4 is 10.2 Å². The van der Waals surface area contributed by atoms with E-state index in [1.54, 1.807) is 24.5 Å². The van der Waals surface area contributed by atoms with Gasteiger partial charge >= 0.3 is 3.93 Å². The summed E-state index contributed by atoms with van der Waals surface area (Å²) in [5, 5.41) is 3.35. The largest absolute Gasteiger partial charge is 0.372 e. The summed E-state index contributed by atoms with van der Waals surface area (Å²) in [6, 6.07) is 8.45. The van der Waals surface area contributed by atoms with Crippen LogP contribution in [0.2, 0.25) is 0 Å². The van der Waals surface area contributed by atoms with Gasteiger partial charge in [0.05, 0.1) is 18.7 Å². The van der Waals surface area contributed by atoms with Crippen molar-refractivity contribution in [2.75, 3.05) is 56.0 Å². The van der Waals surface area contributed by atoms with Crippen LogP contribution >= 0.6 is 22.6 Å². The molecule has 210 valence electrons. The maximum absolute atomic E-state index is 13.9. The van der Waals surface area contributed by atoms with Gasteiger partial charge in [0, 0.05) is 75.0 Å². The molecule has 0 spiro atoms. The summed E-state index contributed by atoms with van der Waals surface area (Å²) in [6.07, 6.45) is 13.2. The number of nitrogens with one attached hydrogen (secondary N) is 1. The fraction of sp³-hybridized carbons (Fsp3) is 0.414. The Hall–Kier alpha value is -3.22. The summed E-state index contributed by atoms with van der Waals surface area (Å²) in [6.45, 7) is 4.66. The summed E-state index contributed by atoms with van der Waals surface area (Å²) in [4.78, 5) is 28.6. The molecule has 1 unspecified atom stereocenters. The van der Waals surface area contributed by atoms with E-state index in [2.05, 4.69) is 44.4 Å². The normalized spacial score (nSPS) is 19.8. The molecule has 1 atom stereocenters. The summed E-state index contributed by atoms with van der Waals surface area (Å²) >= 11 is 1.22. The molecule has 0 bridgehead atoms. The number of fused-ring (bicyclic) bond motifs is 1. The second-order valence-corrected chi connectivity index (χ2v) is 11.9. The number of imidazole rings is 1. The number of hydrogen-bond donors (Lipinski definition) is 1. The standard InChI is InChI=1S/C29H32F2IN7O/c30-29(31,32)22-4-3-5-24(18-22)37-14-16-38(17-15-37)26(40)20-34-28-27(35-25-19-33-10-13-39(25)28)21-6-8-23(9-7-21)36-11-1-2-12-36/h3-10,13,19,22,34H,1-2,11-12,14-18,20H2. The summed E-state index contributed by atoms with van der Waals surface area (Å²) in [5.74, 6) is -0.0559. The molecule has 2 aliphatic heterocycles. The number of piperazine rings is 1. The number of allylic oxidation sites excluding steroid dienone is 4. The zero-order valence-corrected chi connectivity index (χ0v) is 24.3. The average molecular weight is 660 g/mol. The maximum atomic E-state index is 13.9. The Balaban J connectivity index is 1.11. The van der Waals surface area contributed by atoms with Crippen molar-refractivity contribution in [3.63, 3.8) is 0 Å². The molecule has 1 aromatic carbocycles. The maximum Gasteiger partial charge on any atom is 0.303 e. The second kappa shape index (κ2) is 11.3. The van der Waals surface area contributed by atoms with E-state index in [-0.39, 0.29) is 12.5 Å². The first-order valence-corrected chi connectivity index (χ1v) is 14.8. The number of alkyl halides is 3. The molecule has 6 rings (SSSR count). The Morgan fingerprint density at radius 3 is 2.52 bits per heavy atom. The van der Waals surface area contributed by atoms with Crippen LogP contribution in [0, 0.1) is 5.92 Å². The lowest BCUT2D eigenvalue weighted by molar-refractivity contribution is -0.130. The van der Waals surface area contributed by atoms with Gasteiger partial charge in [0.1, 0.15) is 11.5 Å². The number of hydrogen-bond acceptors (Lipinski definition) is 6. The molecule has 11 heteroatoms. The Kier molecular flexibility index (Phi) is 7.65. The number of aromatic nitrogens is 3. The van der Waals surface area contributed by atoms with E-state index in [4.69, 9.17) is 4.98 Å². The zero-order chi connectivity index (χ0) is 27.7. The minimum atomic E-state index is -2.78. The highest BCUT2D eigenvalue weighted by Gasteiger charge is 2.37. The van der Waals surface area contributed by atoms with Gasteiger partial charge in [-0.25, -0.2) is 4.98 Å². The van der Waals surface area contributed by atoms with Crippen molar-refractivity contribution in [1.82, 2.24) is 24.2 Å². The molecule has 1 aliphatic carbocycles. The quantitative estimate of drug-likeness (QED) is 0.284. The molecule has 4 heterocycles. The van der Waals surface area contributed by atoms with Gasteiger partial charge in [0.15, 0.2) is 5.65 Å². The lowest BCUT2D eigenvalue weighted by Crippen LogP contribution is -2.50. The van der Waals surface area contributed by atoms with E-state index < -0.39 is 9.85 Å². The van der Waals surface area contributed by atoms with Gasteiger partial charge in [-0.05, 0) is 53.6 Å². The summed E-state index contributed by atoms with van der Waals surface area (Å²) < 4.78 is 26.8. The fourth-order valence-corrected chi connectivity index (χ4v) is 6.15. The van der Waals surface area contributed by atoms with Gasteiger partial charge in [-0.15, -0.1) is 0 Å². The molecule has 3 aliphatic rings. The number of halogens is 3. The number of amides is 1. The van der Waals surface area contributed by atoms with Crippen LogP contribution in [0.15, 0.2) is 66.8 Å². The number of anilines is 2. The Morgan fingerprint density at radius 1 is 1.05 bits per heavy atom. The van der Waals surface area contributed by atoms with Gasteiger partial charge in [0.25, 0.3) is 0 Å². The zero-order valence-electron chi connectivity index (χ0n) is 22.1. The first-order chi connectivity index (χ1) is 19.4. The van der Waals surface area contributed by atoms with Crippen LogP contribution in [0.5, 0.6) is 0 Å². The molecule has 1 amide bonds. The predicted octanol–water partition coefficient (Wildman–Crippen LogP) is 5.04. The van der Waals surface area contributed by atoms with Crippen molar-refractivity contribution in [1.29, 1.82) is 0 Å². The Bertz CT molecular complexity index is 1420. The van der Waals surface area contributed by atoms with Gasteiger partial charge in [-0.2, -0.15) is 8.78 Å². The molecule has 3 aromatic rings. The van der Waals surface area contributed by atoms with E-state index in [1.165, 1.54) is 41.1 Å². The molecule has 0 saturated carbocycles. The molecule has 40 heavy (non-hydrogen) atoms. The number of rotatable bonds is 7. The molecule has 2 aromatic heterocycles. The van der Waals surface area contributed by atoms with Crippen LogP contribution in [-0.4, -0.2) is 79.8 Å². The first-order valence-electron chi connectivity index (χ1n) is 13.7. The van der Waals surface area contributed by atoms with Crippen LogP contribution in [-0.2, 0) is 4.79 Å². The van der Waals surface area contributed by atoms with Crippen LogP contribution in [0.4, 0.5) is 20.3 Å². The number of nitrogens with zero attached hydrogens (tertiary/aromatic N) is 6. The van der Waals surface area contributed by atoms with Crippen molar-refractivity contribution in [2.45, 2.75) is 23.2 Å². The highest BCUT2D eigenvalue weighted by atomic mass is 127. The summed E-state index contributed by atoms with van der Waals surface area (Å²) in [5.41, 5.74) is 4.58. The summed E-state index contributed by atoms with van der Waals surface area (Å²) in [7, 11) is 0. The molecule has 2 saturated heterocycles. The van der Waals surface area contributed by atoms with Crippen molar-refractivity contribution in [3.05, 3.63) is 66.8 Å². The fourth-order valence-electron chi connectivity index (χ4n) is 5.72. The highest BCUT2D eigenvalue weighted by Crippen LogP contribution is 2.39. The average Bonchev–Trinajstić information content (AvgIpc) is 3.64. The molecule has 1 N–H and O–H groups in total. The third kappa shape index (κ3) is 5.65. The second-order valence-electron chi connectivity index (χ2n) is 10.5. The highest BCUT2D eigenvalue weighted by molar-refractivity contribution is 14.1.